The minimum absolute atomic E-state index is 0.104. The minimum atomic E-state index is -0.625. The molecule has 0 saturated heterocycles. The van der Waals surface area contributed by atoms with E-state index in [1.165, 1.54) is 57.7 Å². The third-order valence-corrected chi connectivity index (χ3v) is 7.03. The standard InChI is InChI=1S/C21H28N2O4/c1-12(24)17-6-18(22-10-17)20(26)27-11-19(25)23-13(2)21-7-14-3-15(8-21)5-16(4-14)9-21/h6,10,13-16,22H,3-5,7-9,11H2,1-2H3,(H,23,25)/t13-,14?,15?,16?,21?/m1/s1. The van der Waals surface area contributed by atoms with E-state index in [0.29, 0.717) is 5.56 Å². The Labute approximate surface area is 159 Å². The lowest BCUT2D eigenvalue weighted by atomic mass is 9.48. The van der Waals surface area contributed by atoms with Gasteiger partial charge in [0.2, 0.25) is 0 Å². The maximum absolute atomic E-state index is 12.3. The second-order valence-corrected chi connectivity index (χ2v) is 9.00. The van der Waals surface area contributed by atoms with E-state index in [-0.39, 0.29) is 35.4 Å². The van der Waals surface area contributed by atoms with Crippen molar-refractivity contribution in [1.29, 1.82) is 0 Å². The lowest BCUT2D eigenvalue weighted by molar-refractivity contribution is -0.128. The zero-order valence-corrected chi connectivity index (χ0v) is 16.0. The van der Waals surface area contributed by atoms with Crippen LogP contribution < -0.4 is 5.32 Å². The number of Topliss-reactive ketones (excluding diaryl/α,β-unsaturated/α-hetero) is 1. The molecule has 0 spiro atoms. The van der Waals surface area contributed by atoms with Gasteiger partial charge in [0.1, 0.15) is 5.69 Å². The molecule has 2 N–H and O–H groups in total. The van der Waals surface area contributed by atoms with Crippen molar-refractivity contribution >= 4 is 17.7 Å². The summed E-state index contributed by atoms with van der Waals surface area (Å²) in [6.07, 6.45) is 9.24. The van der Waals surface area contributed by atoms with E-state index in [1.807, 2.05) is 0 Å². The first-order chi connectivity index (χ1) is 12.8. The van der Waals surface area contributed by atoms with Gasteiger partial charge in [0, 0.05) is 17.8 Å². The zero-order chi connectivity index (χ0) is 19.2. The Balaban J connectivity index is 1.30. The van der Waals surface area contributed by atoms with Crippen LogP contribution in [0.25, 0.3) is 0 Å². The minimum Gasteiger partial charge on any atom is -0.451 e. The number of carbonyl (C=O) groups excluding carboxylic acids is 3. The molecule has 0 radical (unpaired) electrons. The molecule has 6 heteroatoms. The Hall–Kier alpha value is -2.11. The molecule has 4 bridgehead atoms. The van der Waals surface area contributed by atoms with Gasteiger partial charge in [-0.3, -0.25) is 9.59 Å². The molecule has 0 unspecified atom stereocenters. The van der Waals surface area contributed by atoms with Crippen LogP contribution in [0.5, 0.6) is 0 Å². The van der Waals surface area contributed by atoms with Crippen molar-refractivity contribution in [1.82, 2.24) is 10.3 Å². The fourth-order valence-electron chi connectivity index (χ4n) is 6.07. The van der Waals surface area contributed by atoms with Crippen LogP contribution in [0.3, 0.4) is 0 Å². The number of amides is 1. The second-order valence-electron chi connectivity index (χ2n) is 9.00. The Morgan fingerprint density at radius 3 is 2.30 bits per heavy atom. The third kappa shape index (κ3) is 3.54. The topological polar surface area (TPSA) is 88.3 Å². The van der Waals surface area contributed by atoms with Crippen molar-refractivity contribution in [3.8, 4) is 0 Å². The summed E-state index contributed by atoms with van der Waals surface area (Å²) in [6, 6.07) is 1.55. The summed E-state index contributed by atoms with van der Waals surface area (Å²) < 4.78 is 5.11. The van der Waals surface area contributed by atoms with Crippen molar-refractivity contribution in [2.45, 2.75) is 58.4 Å². The van der Waals surface area contributed by atoms with Gasteiger partial charge in [0.05, 0.1) is 0 Å². The Kier molecular flexibility index (Phi) is 4.60. The summed E-state index contributed by atoms with van der Waals surface area (Å²) in [5, 5.41) is 3.09. The molecule has 0 aromatic carbocycles. The number of nitrogens with one attached hydrogen (secondary N) is 2. The number of rotatable bonds is 6. The van der Waals surface area contributed by atoms with Crippen LogP contribution in [-0.4, -0.2) is 35.3 Å². The fourth-order valence-corrected chi connectivity index (χ4v) is 6.07. The Bertz CT molecular complexity index is 731. The molecule has 146 valence electrons. The van der Waals surface area contributed by atoms with E-state index < -0.39 is 5.97 Å². The fraction of sp³-hybridized carbons (Fsp3) is 0.667. The Morgan fingerprint density at radius 1 is 1.19 bits per heavy atom. The molecule has 1 heterocycles. The summed E-state index contributed by atoms with van der Waals surface area (Å²) in [5.41, 5.74) is 0.827. The van der Waals surface area contributed by atoms with E-state index >= 15 is 0 Å². The highest BCUT2D eigenvalue weighted by atomic mass is 16.5. The van der Waals surface area contributed by atoms with Crippen LogP contribution in [0.4, 0.5) is 0 Å². The number of aromatic amines is 1. The highest BCUT2D eigenvalue weighted by molar-refractivity contribution is 5.97. The van der Waals surface area contributed by atoms with Gasteiger partial charge >= 0.3 is 5.97 Å². The molecule has 4 aliphatic carbocycles. The molecule has 1 atom stereocenters. The summed E-state index contributed by atoms with van der Waals surface area (Å²) in [6.45, 7) is 3.23. The van der Waals surface area contributed by atoms with Crippen molar-refractivity contribution in [2.75, 3.05) is 6.61 Å². The molecule has 1 aromatic rings. The first kappa shape index (κ1) is 18.3. The molecule has 27 heavy (non-hydrogen) atoms. The van der Waals surface area contributed by atoms with Gasteiger partial charge in [-0.2, -0.15) is 0 Å². The number of ketones is 1. The lowest BCUT2D eigenvalue weighted by Gasteiger charge is -2.59. The average Bonchev–Trinajstić information content (AvgIpc) is 3.09. The largest absolute Gasteiger partial charge is 0.451 e. The molecule has 6 nitrogen and oxygen atoms in total. The van der Waals surface area contributed by atoms with Crippen LogP contribution in [0.15, 0.2) is 12.3 Å². The normalized spacial score (nSPS) is 32.1. The van der Waals surface area contributed by atoms with Crippen LogP contribution in [0.2, 0.25) is 0 Å². The predicted octanol–water partition coefficient (Wildman–Crippen LogP) is 3.10. The van der Waals surface area contributed by atoms with Crippen molar-refractivity contribution in [3.63, 3.8) is 0 Å². The SMILES string of the molecule is CC(=O)c1c[nH]c(C(=O)OCC(=O)N[C@H](C)C23CC4CC(CC(C4)C2)C3)c1. The van der Waals surface area contributed by atoms with Crippen LogP contribution in [-0.2, 0) is 9.53 Å². The van der Waals surface area contributed by atoms with Gasteiger partial charge < -0.3 is 15.0 Å². The maximum Gasteiger partial charge on any atom is 0.355 e. The van der Waals surface area contributed by atoms with E-state index in [1.54, 1.807) is 0 Å². The van der Waals surface area contributed by atoms with Gasteiger partial charge in [-0.1, -0.05) is 0 Å². The van der Waals surface area contributed by atoms with Crippen molar-refractivity contribution in [3.05, 3.63) is 23.5 Å². The molecule has 1 amide bonds. The molecule has 4 aliphatic rings. The monoisotopic (exact) mass is 372 g/mol. The third-order valence-electron chi connectivity index (χ3n) is 7.03. The quantitative estimate of drug-likeness (QED) is 0.593. The molecular formula is C21H28N2O4. The van der Waals surface area contributed by atoms with Gasteiger partial charge in [-0.25, -0.2) is 4.79 Å². The van der Waals surface area contributed by atoms with Gasteiger partial charge in [-0.05, 0) is 81.6 Å². The summed E-state index contributed by atoms with van der Waals surface area (Å²) in [7, 11) is 0. The molecule has 0 aliphatic heterocycles. The van der Waals surface area contributed by atoms with Crippen molar-refractivity contribution in [2.24, 2.45) is 23.2 Å². The number of hydrogen-bond acceptors (Lipinski definition) is 4. The number of aromatic nitrogens is 1. The smallest absolute Gasteiger partial charge is 0.355 e. The van der Waals surface area contributed by atoms with E-state index in [4.69, 9.17) is 4.74 Å². The second kappa shape index (κ2) is 6.80. The molecule has 4 saturated carbocycles. The van der Waals surface area contributed by atoms with Gasteiger partial charge in [0.15, 0.2) is 12.4 Å². The molecule has 1 aromatic heterocycles. The first-order valence-electron chi connectivity index (χ1n) is 10.0. The predicted molar refractivity (Wildman–Crippen MR) is 99.3 cm³/mol. The number of esters is 1. The molecule has 4 fully saturated rings. The van der Waals surface area contributed by atoms with Gasteiger partial charge in [-0.15, -0.1) is 0 Å². The zero-order valence-electron chi connectivity index (χ0n) is 16.0. The van der Waals surface area contributed by atoms with Crippen molar-refractivity contribution < 1.29 is 19.1 Å². The van der Waals surface area contributed by atoms with E-state index in [2.05, 4.69) is 17.2 Å². The highest BCUT2D eigenvalue weighted by Gasteiger charge is 2.53. The molecular weight excluding hydrogens is 344 g/mol. The number of hydrogen-bond donors (Lipinski definition) is 2. The van der Waals surface area contributed by atoms with Crippen LogP contribution >= 0.6 is 0 Å². The number of carbonyl (C=O) groups is 3. The van der Waals surface area contributed by atoms with E-state index in [9.17, 15) is 14.4 Å². The summed E-state index contributed by atoms with van der Waals surface area (Å²) in [5.74, 6) is 1.47. The molecule has 5 rings (SSSR count). The highest BCUT2D eigenvalue weighted by Crippen LogP contribution is 2.61. The number of H-pyrrole nitrogens is 1. The average molecular weight is 372 g/mol. The van der Waals surface area contributed by atoms with E-state index in [0.717, 1.165) is 17.8 Å². The van der Waals surface area contributed by atoms with Gasteiger partial charge in [0.25, 0.3) is 5.91 Å². The number of ether oxygens (including phenoxy) is 1. The Morgan fingerprint density at radius 2 is 1.78 bits per heavy atom. The maximum atomic E-state index is 12.3. The first-order valence-corrected chi connectivity index (χ1v) is 10.0. The summed E-state index contributed by atoms with van der Waals surface area (Å²) >= 11 is 0. The van der Waals surface area contributed by atoms with Crippen LogP contribution in [0.1, 0.15) is 73.2 Å². The lowest BCUT2D eigenvalue weighted by Crippen LogP contribution is -2.56. The summed E-state index contributed by atoms with van der Waals surface area (Å²) in [4.78, 5) is 38.4. The van der Waals surface area contributed by atoms with Crippen LogP contribution in [0, 0.1) is 23.2 Å².